The maximum Gasteiger partial charge on any atom is 0.256 e. The highest BCUT2D eigenvalue weighted by Gasteiger charge is 2.27. The maximum absolute atomic E-state index is 13.2. The minimum Gasteiger partial charge on any atom is -0.346 e. The topological polar surface area (TPSA) is 30.2 Å². The van der Waals surface area contributed by atoms with Crippen LogP contribution in [-0.2, 0) is 13.1 Å². The van der Waals surface area contributed by atoms with Crippen LogP contribution in [0.4, 0.5) is 0 Å². The minimum absolute atomic E-state index is 0.111. The van der Waals surface area contributed by atoms with Crippen LogP contribution >= 0.6 is 0 Å². The highest BCUT2D eigenvalue weighted by molar-refractivity contribution is 6.00. The molecule has 2 aromatic heterocycles. The first kappa shape index (κ1) is 19.3. The van der Waals surface area contributed by atoms with Crippen LogP contribution in [0.5, 0.6) is 0 Å². The number of allylic oxidation sites excluding steroid dienone is 2. The molecule has 150 valence electrons. The SMILES string of the molecule is C=Cc1c(C(=O)N2CCCC2)cn2c1C(=C)c1cc(=C)/c(=C\C=C/C)n1CCC2. The van der Waals surface area contributed by atoms with E-state index in [2.05, 4.69) is 41.0 Å². The summed E-state index contributed by atoms with van der Waals surface area (Å²) in [5, 5.41) is 2.11. The number of hydrogen-bond donors (Lipinski definition) is 0. The van der Waals surface area contributed by atoms with Gasteiger partial charge >= 0.3 is 0 Å². The van der Waals surface area contributed by atoms with E-state index in [1.165, 1.54) is 0 Å². The zero-order chi connectivity index (χ0) is 20.5. The summed E-state index contributed by atoms with van der Waals surface area (Å²) in [5.74, 6) is 0.111. The molecule has 1 fully saturated rings. The van der Waals surface area contributed by atoms with Crippen molar-refractivity contribution in [3.8, 4) is 0 Å². The van der Waals surface area contributed by atoms with Crippen molar-refractivity contribution < 1.29 is 4.79 Å². The number of carbonyl (C=O) groups excluding carboxylic acids is 1. The second-order valence-electron chi connectivity index (χ2n) is 7.82. The Morgan fingerprint density at radius 3 is 2.55 bits per heavy atom. The smallest absolute Gasteiger partial charge is 0.256 e. The van der Waals surface area contributed by atoms with Gasteiger partial charge in [-0.2, -0.15) is 0 Å². The average molecular weight is 388 g/mol. The van der Waals surface area contributed by atoms with Gasteiger partial charge in [-0.05, 0) is 43.5 Å². The number of fused-ring (bicyclic) bond motifs is 2. The van der Waals surface area contributed by atoms with Crippen molar-refractivity contribution in [3.05, 3.63) is 70.7 Å². The lowest BCUT2D eigenvalue weighted by molar-refractivity contribution is 0.0792. The highest BCUT2D eigenvalue weighted by atomic mass is 16.2. The zero-order valence-corrected chi connectivity index (χ0v) is 17.3. The molecule has 2 aliphatic heterocycles. The van der Waals surface area contributed by atoms with Crippen molar-refractivity contribution in [1.82, 2.24) is 14.0 Å². The number of aromatic nitrogens is 2. The summed E-state index contributed by atoms with van der Waals surface area (Å²) in [6.45, 7) is 18.1. The van der Waals surface area contributed by atoms with Gasteiger partial charge in [0.25, 0.3) is 5.91 Å². The number of carbonyl (C=O) groups is 1. The van der Waals surface area contributed by atoms with Crippen molar-refractivity contribution in [3.63, 3.8) is 0 Å². The standard InChI is InChI=1S/C25H29N3O/c1-5-7-11-22-18(3)16-23-19(4)24-20(6-2)21(25(29)26-12-8-9-13-26)17-27(24)14-10-15-28(22)23/h5-7,11,16-17H,2-4,8-10,12-15H2,1H3/b7-5-,22-11+. The van der Waals surface area contributed by atoms with E-state index in [9.17, 15) is 4.79 Å². The highest BCUT2D eigenvalue weighted by Crippen LogP contribution is 2.32. The van der Waals surface area contributed by atoms with Crippen molar-refractivity contribution in [1.29, 1.82) is 0 Å². The van der Waals surface area contributed by atoms with Gasteiger partial charge < -0.3 is 14.0 Å². The summed E-state index contributed by atoms with van der Waals surface area (Å²) >= 11 is 0. The predicted molar refractivity (Wildman–Crippen MR) is 121 cm³/mol. The number of rotatable bonds is 3. The fourth-order valence-corrected chi connectivity index (χ4v) is 4.57. The summed E-state index contributed by atoms with van der Waals surface area (Å²) < 4.78 is 4.49. The Bertz CT molecular complexity index is 1120. The van der Waals surface area contributed by atoms with Crippen LogP contribution in [0, 0.1) is 0 Å². The molecule has 2 aromatic rings. The lowest BCUT2D eigenvalue weighted by Crippen LogP contribution is -2.29. The lowest BCUT2D eigenvalue weighted by Gasteiger charge is -2.19. The van der Waals surface area contributed by atoms with Crippen LogP contribution in [0.3, 0.4) is 0 Å². The average Bonchev–Trinajstić information content (AvgIpc) is 3.42. The molecular weight excluding hydrogens is 358 g/mol. The van der Waals surface area contributed by atoms with E-state index >= 15 is 0 Å². The molecule has 4 heteroatoms. The molecule has 29 heavy (non-hydrogen) atoms. The van der Waals surface area contributed by atoms with Gasteiger partial charge in [0.1, 0.15) is 0 Å². The number of amides is 1. The Hall–Kier alpha value is -3.01. The van der Waals surface area contributed by atoms with Gasteiger partial charge in [-0.15, -0.1) is 0 Å². The molecule has 0 spiro atoms. The second-order valence-corrected chi connectivity index (χ2v) is 7.82. The number of hydrogen-bond acceptors (Lipinski definition) is 1. The Kier molecular flexibility index (Phi) is 5.18. The molecule has 0 radical (unpaired) electrons. The molecular formula is C25H29N3O. The van der Waals surface area contributed by atoms with Gasteiger partial charge in [-0.25, -0.2) is 0 Å². The Morgan fingerprint density at radius 2 is 1.86 bits per heavy atom. The van der Waals surface area contributed by atoms with E-state index in [0.717, 1.165) is 84.1 Å². The summed E-state index contributed by atoms with van der Waals surface area (Å²) in [6, 6.07) is 2.11. The Labute approximate surface area is 172 Å². The lowest BCUT2D eigenvalue weighted by atomic mass is 10.0. The predicted octanol–water partition coefficient (Wildman–Crippen LogP) is 3.40. The molecule has 0 N–H and O–H groups in total. The van der Waals surface area contributed by atoms with Gasteiger partial charge in [-0.3, -0.25) is 4.79 Å². The molecule has 2 aliphatic rings. The molecule has 0 aromatic carbocycles. The molecule has 0 aliphatic carbocycles. The molecule has 0 atom stereocenters. The Balaban J connectivity index is 1.86. The van der Waals surface area contributed by atoms with Crippen LogP contribution in [0.1, 0.15) is 53.5 Å². The van der Waals surface area contributed by atoms with Crippen molar-refractivity contribution >= 4 is 30.2 Å². The normalized spacial score (nSPS) is 17.3. The van der Waals surface area contributed by atoms with E-state index in [-0.39, 0.29) is 5.91 Å². The number of aryl methyl sites for hydroxylation is 1. The molecule has 4 nitrogen and oxygen atoms in total. The van der Waals surface area contributed by atoms with E-state index in [0.29, 0.717) is 0 Å². The Morgan fingerprint density at radius 1 is 1.10 bits per heavy atom. The zero-order valence-electron chi connectivity index (χ0n) is 17.3. The van der Waals surface area contributed by atoms with Crippen molar-refractivity contribution in [2.24, 2.45) is 0 Å². The molecule has 1 saturated heterocycles. The monoisotopic (exact) mass is 387 g/mol. The van der Waals surface area contributed by atoms with Crippen molar-refractivity contribution in [2.45, 2.75) is 39.3 Å². The van der Waals surface area contributed by atoms with Crippen LogP contribution in [-0.4, -0.2) is 33.0 Å². The van der Waals surface area contributed by atoms with E-state index in [1.807, 2.05) is 36.2 Å². The fraction of sp³-hybridized carbons (Fsp3) is 0.320. The van der Waals surface area contributed by atoms with Gasteiger partial charge in [0.05, 0.1) is 17.0 Å². The molecule has 4 heterocycles. The van der Waals surface area contributed by atoms with E-state index in [1.54, 1.807) is 0 Å². The maximum atomic E-state index is 13.2. The van der Waals surface area contributed by atoms with Crippen molar-refractivity contribution in [2.75, 3.05) is 13.1 Å². The summed E-state index contributed by atoms with van der Waals surface area (Å²) in [6.07, 6.45) is 13.1. The minimum atomic E-state index is 0.111. The third-order valence-corrected chi connectivity index (χ3v) is 5.99. The van der Waals surface area contributed by atoms with Crippen LogP contribution in [0.2, 0.25) is 0 Å². The summed E-state index contributed by atoms with van der Waals surface area (Å²) in [7, 11) is 0. The third kappa shape index (κ3) is 3.23. The van der Waals surface area contributed by atoms with Gasteiger partial charge in [0.15, 0.2) is 0 Å². The summed E-state index contributed by atoms with van der Waals surface area (Å²) in [4.78, 5) is 15.1. The largest absolute Gasteiger partial charge is 0.346 e. The first-order chi connectivity index (χ1) is 14.1. The van der Waals surface area contributed by atoms with Gasteiger partial charge in [-0.1, -0.05) is 38.0 Å². The third-order valence-electron chi connectivity index (χ3n) is 5.99. The molecule has 0 bridgehead atoms. The summed E-state index contributed by atoms with van der Waals surface area (Å²) in [5.41, 5.74) is 4.62. The van der Waals surface area contributed by atoms with Crippen LogP contribution in [0.15, 0.2) is 37.6 Å². The second kappa shape index (κ2) is 7.78. The molecule has 0 unspecified atom stereocenters. The van der Waals surface area contributed by atoms with Gasteiger partial charge in [0, 0.05) is 48.9 Å². The molecule has 4 rings (SSSR count). The quantitative estimate of drug-likeness (QED) is 0.794. The van der Waals surface area contributed by atoms with Crippen LogP contribution in [0.25, 0.3) is 24.3 Å². The molecule has 0 saturated carbocycles. The first-order valence-electron chi connectivity index (χ1n) is 10.4. The molecule has 1 amide bonds. The van der Waals surface area contributed by atoms with E-state index < -0.39 is 0 Å². The van der Waals surface area contributed by atoms with Crippen LogP contribution < -0.4 is 10.6 Å². The number of likely N-dealkylation sites (tertiary alicyclic amines) is 1. The fourth-order valence-electron chi connectivity index (χ4n) is 4.57. The van der Waals surface area contributed by atoms with Gasteiger partial charge in [0.2, 0.25) is 0 Å². The van der Waals surface area contributed by atoms with E-state index in [4.69, 9.17) is 0 Å². The first-order valence-corrected chi connectivity index (χ1v) is 10.4. The number of nitrogens with zero attached hydrogens (tertiary/aromatic N) is 3.